The van der Waals surface area contributed by atoms with Crippen molar-refractivity contribution in [3.8, 4) is 0 Å². The second-order valence-electron chi connectivity index (χ2n) is 5.98. The van der Waals surface area contributed by atoms with Gasteiger partial charge >= 0.3 is 0 Å². The van der Waals surface area contributed by atoms with Gasteiger partial charge in [0.1, 0.15) is 0 Å². The molecule has 1 N–H and O–H groups in total. The lowest BCUT2D eigenvalue weighted by Crippen LogP contribution is -2.22. The summed E-state index contributed by atoms with van der Waals surface area (Å²) in [6.45, 7) is 7.29. The van der Waals surface area contributed by atoms with Crippen LogP contribution in [0.4, 0.5) is 0 Å². The minimum Gasteiger partial charge on any atom is -0.388 e. The fourth-order valence-corrected chi connectivity index (χ4v) is 2.65. The molecule has 3 heteroatoms. The van der Waals surface area contributed by atoms with Crippen LogP contribution < -0.4 is 0 Å². The summed E-state index contributed by atoms with van der Waals surface area (Å²) in [5, 5.41) is 9.93. The highest BCUT2D eigenvalue weighted by molar-refractivity contribution is 5.13. The van der Waals surface area contributed by atoms with Gasteiger partial charge in [-0.2, -0.15) is 0 Å². The van der Waals surface area contributed by atoms with Crippen molar-refractivity contribution in [2.75, 3.05) is 0 Å². The summed E-state index contributed by atoms with van der Waals surface area (Å²) in [5.74, 6) is 0. The monoisotopic (exact) mass is 251 g/mol. The molecule has 2 rings (SSSR count). The third-order valence-corrected chi connectivity index (χ3v) is 3.69. The predicted octanol–water partition coefficient (Wildman–Crippen LogP) is 3.28. The summed E-state index contributed by atoms with van der Waals surface area (Å²) < 4.78 is 8.13. The van der Waals surface area contributed by atoms with Crippen LogP contribution in [0.15, 0.2) is 18.5 Å². The molecule has 2 unspecified atom stereocenters. The SMILES string of the molecule is CCCC(O)c1ccn(CC2CCC(C)(C)O2)c1. The van der Waals surface area contributed by atoms with E-state index in [-0.39, 0.29) is 11.7 Å². The number of ether oxygens (including phenoxy) is 1. The van der Waals surface area contributed by atoms with E-state index < -0.39 is 0 Å². The maximum Gasteiger partial charge on any atom is 0.0804 e. The molecule has 1 aliphatic heterocycles. The minimum absolute atomic E-state index is 0.0301. The largest absolute Gasteiger partial charge is 0.388 e. The highest BCUT2D eigenvalue weighted by atomic mass is 16.5. The Hall–Kier alpha value is -0.800. The number of rotatable bonds is 5. The van der Waals surface area contributed by atoms with Gasteiger partial charge in [0.05, 0.1) is 17.8 Å². The maximum atomic E-state index is 9.93. The first kappa shape index (κ1) is 13.6. The van der Waals surface area contributed by atoms with E-state index in [0.29, 0.717) is 6.10 Å². The lowest BCUT2D eigenvalue weighted by molar-refractivity contribution is -0.0216. The summed E-state index contributed by atoms with van der Waals surface area (Å²) in [4.78, 5) is 0. The van der Waals surface area contributed by atoms with E-state index in [0.717, 1.165) is 37.8 Å². The van der Waals surface area contributed by atoms with Crippen LogP contribution >= 0.6 is 0 Å². The van der Waals surface area contributed by atoms with Crippen LogP contribution in [-0.4, -0.2) is 21.4 Å². The van der Waals surface area contributed by atoms with Crippen molar-refractivity contribution in [3.63, 3.8) is 0 Å². The van der Waals surface area contributed by atoms with Gasteiger partial charge in [-0.1, -0.05) is 13.3 Å². The Morgan fingerprint density at radius 1 is 1.56 bits per heavy atom. The summed E-state index contributed by atoms with van der Waals surface area (Å²) >= 11 is 0. The molecule has 1 fully saturated rings. The van der Waals surface area contributed by atoms with Crippen LogP contribution in [0.3, 0.4) is 0 Å². The fraction of sp³-hybridized carbons (Fsp3) is 0.733. The van der Waals surface area contributed by atoms with E-state index in [2.05, 4.69) is 31.5 Å². The Bertz CT molecular complexity index is 384. The van der Waals surface area contributed by atoms with Crippen molar-refractivity contribution in [2.24, 2.45) is 0 Å². The lowest BCUT2D eigenvalue weighted by Gasteiger charge is -2.19. The average Bonchev–Trinajstić information content (AvgIpc) is 2.86. The van der Waals surface area contributed by atoms with E-state index in [1.165, 1.54) is 0 Å². The number of hydrogen-bond donors (Lipinski definition) is 1. The van der Waals surface area contributed by atoms with E-state index in [1.54, 1.807) is 0 Å². The number of hydrogen-bond acceptors (Lipinski definition) is 2. The van der Waals surface area contributed by atoms with Gasteiger partial charge in [-0.3, -0.25) is 0 Å². The highest BCUT2D eigenvalue weighted by Gasteiger charge is 2.31. The van der Waals surface area contributed by atoms with E-state index in [9.17, 15) is 5.11 Å². The van der Waals surface area contributed by atoms with E-state index in [4.69, 9.17) is 4.74 Å². The normalized spacial score (nSPS) is 24.3. The molecule has 18 heavy (non-hydrogen) atoms. The molecule has 0 saturated carbocycles. The van der Waals surface area contributed by atoms with Gasteiger partial charge in [-0.25, -0.2) is 0 Å². The van der Waals surface area contributed by atoms with Crippen LogP contribution in [0, 0.1) is 0 Å². The van der Waals surface area contributed by atoms with E-state index in [1.807, 2.05) is 12.3 Å². The molecule has 0 aromatic carbocycles. The Kier molecular flexibility index (Phi) is 4.13. The van der Waals surface area contributed by atoms with Gasteiger partial charge in [0, 0.05) is 18.9 Å². The molecule has 1 aromatic heterocycles. The number of aliphatic hydroxyl groups excluding tert-OH is 1. The highest BCUT2D eigenvalue weighted by Crippen LogP contribution is 2.30. The number of aliphatic hydroxyl groups is 1. The van der Waals surface area contributed by atoms with Crippen molar-refractivity contribution >= 4 is 0 Å². The Morgan fingerprint density at radius 3 is 2.94 bits per heavy atom. The second-order valence-corrected chi connectivity index (χ2v) is 5.98. The molecular formula is C15H25NO2. The molecule has 3 nitrogen and oxygen atoms in total. The topological polar surface area (TPSA) is 34.4 Å². The van der Waals surface area contributed by atoms with Crippen LogP contribution in [0.25, 0.3) is 0 Å². The molecule has 2 heterocycles. The Balaban J connectivity index is 1.91. The first-order valence-electron chi connectivity index (χ1n) is 7.02. The van der Waals surface area contributed by atoms with Crippen molar-refractivity contribution in [1.29, 1.82) is 0 Å². The third kappa shape index (κ3) is 3.36. The zero-order valence-electron chi connectivity index (χ0n) is 11.7. The Labute approximate surface area is 110 Å². The van der Waals surface area contributed by atoms with Gasteiger partial charge < -0.3 is 14.4 Å². The summed E-state index contributed by atoms with van der Waals surface area (Å²) in [7, 11) is 0. The van der Waals surface area contributed by atoms with Gasteiger partial charge in [-0.15, -0.1) is 0 Å². The molecule has 0 radical (unpaired) electrons. The molecule has 2 atom stereocenters. The molecule has 1 aromatic rings. The standard InChI is InChI=1S/C15H25NO2/c1-4-5-14(17)12-7-9-16(10-12)11-13-6-8-15(2,3)18-13/h7,9-10,13-14,17H,4-6,8,11H2,1-3H3. The van der Waals surface area contributed by atoms with E-state index >= 15 is 0 Å². The molecule has 0 amide bonds. The van der Waals surface area contributed by atoms with Crippen LogP contribution in [-0.2, 0) is 11.3 Å². The maximum absolute atomic E-state index is 9.93. The molecular weight excluding hydrogens is 226 g/mol. The second kappa shape index (κ2) is 5.45. The number of nitrogens with zero attached hydrogens (tertiary/aromatic N) is 1. The quantitative estimate of drug-likeness (QED) is 0.871. The van der Waals surface area contributed by atoms with Gasteiger partial charge in [0.2, 0.25) is 0 Å². The fourth-order valence-electron chi connectivity index (χ4n) is 2.65. The Morgan fingerprint density at radius 2 is 2.33 bits per heavy atom. The van der Waals surface area contributed by atoms with Gasteiger partial charge in [0.15, 0.2) is 0 Å². The zero-order chi connectivity index (χ0) is 13.2. The van der Waals surface area contributed by atoms with Gasteiger partial charge in [-0.05, 0) is 44.7 Å². The molecule has 0 spiro atoms. The van der Waals surface area contributed by atoms with Crippen LogP contribution in [0.1, 0.15) is 58.1 Å². The first-order valence-corrected chi connectivity index (χ1v) is 7.02. The molecule has 1 saturated heterocycles. The third-order valence-electron chi connectivity index (χ3n) is 3.69. The zero-order valence-corrected chi connectivity index (χ0v) is 11.7. The van der Waals surface area contributed by atoms with Crippen molar-refractivity contribution in [1.82, 2.24) is 4.57 Å². The predicted molar refractivity (Wildman–Crippen MR) is 72.5 cm³/mol. The lowest BCUT2D eigenvalue weighted by atomic mass is 10.1. The van der Waals surface area contributed by atoms with Crippen molar-refractivity contribution in [3.05, 3.63) is 24.0 Å². The van der Waals surface area contributed by atoms with Crippen LogP contribution in [0.2, 0.25) is 0 Å². The smallest absolute Gasteiger partial charge is 0.0804 e. The summed E-state index contributed by atoms with van der Waals surface area (Å²) in [6.07, 6.45) is 8.17. The van der Waals surface area contributed by atoms with Gasteiger partial charge in [0.25, 0.3) is 0 Å². The molecule has 0 bridgehead atoms. The summed E-state index contributed by atoms with van der Waals surface area (Å²) in [6, 6.07) is 2.01. The van der Waals surface area contributed by atoms with Crippen molar-refractivity contribution in [2.45, 2.75) is 70.8 Å². The number of aromatic nitrogens is 1. The summed E-state index contributed by atoms with van der Waals surface area (Å²) in [5.41, 5.74) is 1.05. The molecule has 102 valence electrons. The van der Waals surface area contributed by atoms with Crippen molar-refractivity contribution < 1.29 is 9.84 Å². The average molecular weight is 251 g/mol. The molecule has 0 aliphatic carbocycles. The van der Waals surface area contributed by atoms with Crippen LogP contribution in [0.5, 0.6) is 0 Å². The molecule has 1 aliphatic rings. The minimum atomic E-state index is -0.322. The first-order chi connectivity index (χ1) is 8.50.